The van der Waals surface area contributed by atoms with E-state index in [9.17, 15) is 4.79 Å². The van der Waals surface area contributed by atoms with E-state index in [0.717, 1.165) is 42.9 Å². The van der Waals surface area contributed by atoms with Crippen molar-refractivity contribution in [2.45, 2.75) is 30.6 Å². The molecule has 1 atom stereocenters. The number of amides is 1. The summed E-state index contributed by atoms with van der Waals surface area (Å²) in [6, 6.07) is 16.1. The molecule has 130 valence electrons. The topological polar surface area (TPSA) is 41.1 Å². The molecular formula is C21H23ClN2O. The van der Waals surface area contributed by atoms with Crippen molar-refractivity contribution in [2.24, 2.45) is 0 Å². The first-order valence-electron chi connectivity index (χ1n) is 9.02. The van der Waals surface area contributed by atoms with E-state index in [4.69, 9.17) is 11.6 Å². The second-order valence-electron chi connectivity index (χ2n) is 7.25. The van der Waals surface area contributed by atoms with Crippen LogP contribution in [0.5, 0.6) is 0 Å². The summed E-state index contributed by atoms with van der Waals surface area (Å²) < 4.78 is 0. The molecule has 0 bridgehead atoms. The van der Waals surface area contributed by atoms with Crippen LogP contribution in [0.4, 0.5) is 0 Å². The molecule has 4 heteroatoms. The molecule has 0 unspecified atom stereocenters. The summed E-state index contributed by atoms with van der Waals surface area (Å²) in [5.41, 5.74) is 3.35. The minimum absolute atomic E-state index is 0.0442. The Kier molecular flexibility index (Phi) is 4.53. The second kappa shape index (κ2) is 6.81. The molecule has 2 fully saturated rings. The first kappa shape index (κ1) is 16.6. The van der Waals surface area contributed by atoms with Gasteiger partial charge in [-0.15, -0.1) is 0 Å². The van der Waals surface area contributed by atoms with Crippen LogP contribution < -0.4 is 10.6 Å². The van der Waals surface area contributed by atoms with Gasteiger partial charge in [0.1, 0.15) is 0 Å². The first-order chi connectivity index (χ1) is 12.2. The van der Waals surface area contributed by atoms with Gasteiger partial charge in [0.25, 0.3) is 5.91 Å². The molecule has 2 aliphatic rings. The zero-order chi connectivity index (χ0) is 17.3. The van der Waals surface area contributed by atoms with Gasteiger partial charge in [-0.05, 0) is 61.1 Å². The van der Waals surface area contributed by atoms with E-state index in [0.29, 0.717) is 12.5 Å². The third kappa shape index (κ3) is 3.44. The van der Waals surface area contributed by atoms with E-state index in [1.165, 1.54) is 11.1 Å². The molecule has 3 nitrogen and oxygen atoms in total. The second-order valence-corrected chi connectivity index (χ2v) is 7.68. The molecule has 2 aromatic rings. The lowest BCUT2D eigenvalue weighted by molar-refractivity contribution is 0.0948. The molecule has 1 saturated carbocycles. The first-order valence-corrected chi connectivity index (χ1v) is 9.40. The van der Waals surface area contributed by atoms with Crippen molar-refractivity contribution in [3.05, 3.63) is 70.2 Å². The van der Waals surface area contributed by atoms with Gasteiger partial charge in [0.05, 0.1) is 0 Å². The normalized spacial score (nSPS) is 21.1. The largest absolute Gasteiger partial charge is 0.351 e. The fourth-order valence-corrected chi connectivity index (χ4v) is 3.97. The van der Waals surface area contributed by atoms with Crippen molar-refractivity contribution in [1.29, 1.82) is 0 Å². The van der Waals surface area contributed by atoms with E-state index in [-0.39, 0.29) is 11.3 Å². The maximum absolute atomic E-state index is 12.8. The summed E-state index contributed by atoms with van der Waals surface area (Å²) in [7, 11) is 0. The fraction of sp³-hybridized carbons (Fsp3) is 0.381. The summed E-state index contributed by atoms with van der Waals surface area (Å²) in [6.45, 7) is 2.67. The van der Waals surface area contributed by atoms with E-state index < -0.39 is 0 Å². The maximum Gasteiger partial charge on any atom is 0.251 e. The monoisotopic (exact) mass is 354 g/mol. The number of carbonyl (C=O) groups is 1. The molecule has 2 aromatic carbocycles. The minimum Gasteiger partial charge on any atom is -0.351 e. The number of carbonyl (C=O) groups excluding carboxylic acids is 1. The highest BCUT2D eigenvalue weighted by Gasteiger charge is 2.44. The molecule has 0 spiro atoms. The Morgan fingerprint density at radius 1 is 1.16 bits per heavy atom. The molecule has 1 aliphatic carbocycles. The average Bonchev–Trinajstić information content (AvgIpc) is 3.23. The molecule has 1 heterocycles. The lowest BCUT2D eigenvalue weighted by Gasteiger charge is -2.19. The highest BCUT2D eigenvalue weighted by Crippen LogP contribution is 2.47. The Labute approximate surface area is 153 Å². The third-order valence-electron chi connectivity index (χ3n) is 5.60. The van der Waals surface area contributed by atoms with Gasteiger partial charge in [0.15, 0.2) is 0 Å². The van der Waals surface area contributed by atoms with Crippen LogP contribution in [-0.2, 0) is 5.41 Å². The Bertz CT molecular complexity index is 762. The van der Waals surface area contributed by atoms with Gasteiger partial charge in [-0.25, -0.2) is 0 Å². The van der Waals surface area contributed by atoms with Gasteiger partial charge in [-0.2, -0.15) is 0 Å². The van der Waals surface area contributed by atoms with Crippen molar-refractivity contribution >= 4 is 17.5 Å². The maximum atomic E-state index is 12.8. The molecule has 25 heavy (non-hydrogen) atoms. The Morgan fingerprint density at radius 2 is 1.92 bits per heavy atom. The SMILES string of the molecule is O=C(NCC1(c2ccc(Cl)cc2)CC1)c1ccccc1[C@H]1CCNC1. The molecule has 1 aliphatic heterocycles. The predicted molar refractivity (Wildman–Crippen MR) is 101 cm³/mol. The lowest BCUT2D eigenvalue weighted by atomic mass is 9.92. The van der Waals surface area contributed by atoms with Crippen molar-refractivity contribution in [1.82, 2.24) is 10.6 Å². The molecular weight excluding hydrogens is 332 g/mol. The van der Waals surface area contributed by atoms with Crippen LogP contribution in [0.25, 0.3) is 0 Å². The van der Waals surface area contributed by atoms with Crippen molar-refractivity contribution in [3.63, 3.8) is 0 Å². The van der Waals surface area contributed by atoms with Gasteiger partial charge < -0.3 is 10.6 Å². The van der Waals surface area contributed by atoms with Crippen LogP contribution in [0.15, 0.2) is 48.5 Å². The fourth-order valence-electron chi connectivity index (χ4n) is 3.85. The number of hydrogen-bond acceptors (Lipinski definition) is 2. The average molecular weight is 355 g/mol. The molecule has 2 N–H and O–H groups in total. The van der Waals surface area contributed by atoms with Crippen LogP contribution >= 0.6 is 11.6 Å². The van der Waals surface area contributed by atoms with Crippen LogP contribution in [0.3, 0.4) is 0 Å². The van der Waals surface area contributed by atoms with Gasteiger partial charge in [-0.1, -0.05) is 41.9 Å². The van der Waals surface area contributed by atoms with Gasteiger partial charge >= 0.3 is 0 Å². The van der Waals surface area contributed by atoms with E-state index in [2.05, 4.69) is 28.8 Å². The summed E-state index contributed by atoms with van der Waals surface area (Å²) in [5, 5.41) is 7.33. The van der Waals surface area contributed by atoms with E-state index in [1.54, 1.807) is 0 Å². The van der Waals surface area contributed by atoms with Crippen molar-refractivity contribution in [3.8, 4) is 0 Å². The number of benzene rings is 2. The zero-order valence-electron chi connectivity index (χ0n) is 14.2. The van der Waals surface area contributed by atoms with Gasteiger partial charge in [0.2, 0.25) is 0 Å². The van der Waals surface area contributed by atoms with E-state index >= 15 is 0 Å². The van der Waals surface area contributed by atoms with Crippen LogP contribution in [-0.4, -0.2) is 25.5 Å². The number of nitrogens with one attached hydrogen (secondary N) is 2. The zero-order valence-corrected chi connectivity index (χ0v) is 15.0. The Hall–Kier alpha value is -1.84. The number of hydrogen-bond donors (Lipinski definition) is 2. The summed E-state index contributed by atoms with van der Waals surface area (Å²) >= 11 is 5.99. The van der Waals surface area contributed by atoms with Crippen LogP contribution in [0, 0.1) is 0 Å². The summed E-state index contributed by atoms with van der Waals surface area (Å²) in [4.78, 5) is 12.8. The van der Waals surface area contributed by atoms with Crippen LogP contribution in [0.2, 0.25) is 5.02 Å². The standard InChI is InChI=1S/C21H23ClN2O/c22-17-7-5-16(6-8-17)21(10-11-21)14-24-20(25)19-4-2-1-3-18(19)15-9-12-23-13-15/h1-8,15,23H,9-14H2,(H,24,25)/t15-/m0/s1. The quantitative estimate of drug-likeness (QED) is 0.855. The molecule has 1 saturated heterocycles. The van der Waals surface area contributed by atoms with Crippen molar-refractivity contribution < 1.29 is 4.79 Å². The minimum atomic E-state index is 0.0442. The third-order valence-corrected chi connectivity index (χ3v) is 5.86. The highest BCUT2D eigenvalue weighted by atomic mass is 35.5. The van der Waals surface area contributed by atoms with Crippen LogP contribution in [0.1, 0.15) is 46.7 Å². The molecule has 4 rings (SSSR count). The highest BCUT2D eigenvalue weighted by molar-refractivity contribution is 6.30. The molecule has 0 aromatic heterocycles. The summed E-state index contributed by atoms with van der Waals surface area (Å²) in [5.74, 6) is 0.482. The van der Waals surface area contributed by atoms with E-state index in [1.807, 2.05) is 30.3 Å². The Balaban J connectivity index is 1.47. The summed E-state index contributed by atoms with van der Waals surface area (Å²) in [6.07, 6.45) is 3.32. The Morgan fingerprint density at radius 3 is 2.60 bits per heavy atom. The number of halogens is 1. The van der Waals surface area contributed by atoms with Gasteiger partial charge in [0, 0.05) is 29.1 Å². The lowest BCUT2D eigenvalue weighted by Crippen LogP contribution is -2.33. The number of rotatable bonds is 5. The predicted octanol–water partition coefficient (Wildman–Crippen LogP) is 3.88. The smallest absolute Gasteiger partial charge is 0.251 e. The molecule has 1 amide bonds. The van der Waals surface area contributed by atoms with Gasteiger partial charge in [-0.3, -0.25) is 4.79 Å². The van der Waals surface area contributed by atoms with Crippen molar-refractivity contribution in [2.75, 3.05) is 19.6 Å². The molecule has 0 radical (unpaired) electrons.